The highest BCUT2D eigenvalue weighted by atomic mass is 33.1. The maximum atomic E-state index is 16.8. The number of amides is 1. The third kappa shape index (κ3) is 8.22. The van der Waals surface area contributed by atoms with E-state index in [1.54, 1.807) is 18.2 Å². The van der Waals surface area contributed by atoms with E-state index in [1.165, 1.54) is 22.8 Å². The lowest BCUT2D eigenvalue weighted by Gasteiger charge is -2.68. The van der Waals surface area contributed by atoms with Gasteiger partial charge in [-0.3, -0.25) is 9.59 Å². The fourth-order valence-electron chi connectivity index (χ4n) is 24.2. The molecule has 0 unspecified atom stereocenters. The molecule has 1 aromatic rings. The number of nitrogens with zero attached hydrogens (tertiary/aromatic N) is 1. The minimum absolute atomic E-state index is 0.0269. The molecule has 9 fully saturated rings. The summed E-state index contributed by atoms with van der Waals surface area (Å²) in [4.78, 5) is 34.7. The van der Waals surface area contributed by atoms with E-state index in [9.17, 15) is 46.0 Å². The summed E-state index contributed by atoms with van der Waals surface area (Å²) < 4.78 is 13.0. The van der Waals surface area contributed by atoms with Crippen LogP contribution in [0.15, 0.2) is 65.8 Å². The average Bonchev–Trinajstić information content (AvgIpc) is 1.36. The van der Waals surface area contributed by atoms with E-state index in [4.69, 9.17) is 9.47 Å². The summed E-state index contributed by atoms with van der Waals surface area (Å²) in [6, 6.07) is 5.37. The summed E-state index contributed by atoms with van der Waals surface area (Å²) in [5.74, 6) is -1.91. The van der Waals surface area contributed by atoms with Crippen LogP contribution in [0.4, 0.5) is 5.69 Å². The van der Waals surface area contributed by atoms with Gasteiger partial charge in [0.1, 0.15) is 28.5 Å². The van der Waals surface area contributed by atoms with Gasteiger partial charge in [0.05, 0.1) is 54.1 Å². The first-order valence-electron chi connectivity index (χ1n) is 34.3. The molecule has 3 saturated heterocycles. The first-order valence-corrected chi connectivity index (χ1v) is 36.7. The molecule has 24 atom stereocenters. The van der Waals surface area contributed by atoms with Gasteiger partial charge in [-0.05, 0) is 190 Å². The second-order valence-electron chi connectivity index (χ2n) is 31.9. The molecule has 17 heteroatoms. The zero-order valence-electron chi connectivity index (χ0n) is 52.1. The molecule has 0 radical (unpaired) electrons. The highest BCUT2D eigenvalue weighted by Crippen LogP contribution is 2.77. The Morgan fingerprint density at radius 1 is 0.898 bits per heavy atom. The van der Waals surface area contributed by atoms with Crippen LogP contribution in [0.2, 0.25) is 0 Å². The van der Waals surface area contributed by atoms with Crippen LogP contribution in [0, 0.1) is 86.3 Å². The first kappa shape index (κ1) is 61.6. The number of hydrogen-bond donors (Lipinski definition) is 10. The van der Waals surface area contributed by atoms with Crippen molar-refractivity contribution in [1.29, 1.82) is 0 Å². The van der Waals surface area contributed by atoms with E-state index in [0.717, 1.165) is 61.3 Å². The van der Waals surface area contributed by atoms with Gasteiger partial charge in [-0.25, -0.2) is 0 Å². The Kier molecular flexibility index (Phi) is 15.0. The molecule has 10 N–H and O–H groups in total. The largest absolute Gasteiger partial charge is 0.508 e. The summed E-state index contributed by atoms with van der Waals surface area (Å²) in [5.41, 5.74) is -10.2. The second-order valence-corrected chi connectivity index (χ2v) is 34.4. The molecule has 1 aromatic carbocycles. The van der Waals surface area contributed by atoms with Crippen LogP contribution in [0.1, 0.15) is 155 Å². The number of ether oxygens (including phenoxy) is 2. The number of allylic oxidation sites excluding steroid dienone is 3. The quantitative estimate of drug-likeness (QED) is 0.0736. The van der Waals surface area contributed by atoms with E-state index < -0.39 is 110 Å². The van der Waals surface area contributed by atoms with E-state index in [1.807, 2.05) is 24.0 Å². The number of ketones is 1. The molecule has 6 saturated carbocycles. The molecule has 88 heavy (non-hydrogen) atoms. The Morgan fingerprint density at radius 2 is 1.70 bits per heavy atom. The van der Waals surface area contributed by atoms with Crippen LogP contribution in [-0.4, -0.2) is 154 Å². The van der Waals surface area contributed by atoms with Crippen molar-refractivity contribution in [2.75, 3.05) is 37.0 Å². The van der Waals surface area contributed by atoms with Crippen molar-refractivity contribution in [2.24, 2.45) is 86.3 Å². The molecule has 9 aliphatic carbocycles. The summed E-state index contributed by atoms with van der Waals surface area (Å²) in [7, 11) is 2.52. The zero-order valence-corrected chi connectivity index (χ0v) is 53.7. The number of aliphatic hydroxyl groups is 8. The van der Waals surface area contributed by atoms with Crippen LogP contribution >= 0.6 is 21.6 Å². The normalized spacial score (nSPS) is 50.3. The summed E-state index contributed by atoms with van der Waals surface area (Å²) in [6.07, 6.45) is 21.3. The van der Waals surface area contributed by atoms with Crippen LogP contribution in [0.3, 0.4) is 0 Å². The van der Waals surface area contributed by atoms with Gasteiger partial charge in [0.2, 0.25) is 5.91 Å². The van der Waals surface area contributed by atoms with Crippen molar-refractivity contribution in [2.45, 2.75) is 220 Å². The van der Waals surface area contributed by atoms with Gasteiger partial charge in [0.15, 0.2) is 5.78 Å². The highest BCUT2D eigenvalue weighted by Gasteiger charge is 2.80. The van der Waals surface area contributed by atoms with Crippen LogP contribution < -0.4 is 10.2 Å². The fourth-order valence-corrected chi connectivity index (χ4v) is 27.2. The standard InChI is InChI=1S/C71H98N2O13S2/c1-39(2)40(3)58-60(86-58)69(83)20-9-14-44-29-51-52-32-56(77)68(33-57(78)66(82,38-75)36-63(51,68)4)62(81)88-87-35-46-13-8-12-45(34-74)71(46)61(80)73(47-25-41(26-48(76)30-47)15-22-67(44)55(69)17-23-70(52,67)84)37-64(71)21-16-49(59(64)79)53-28-43-27-42-11-10-24-85-54(42)31-50(43)65(72-53)18-6-5-7-19-65/h9-11,14,25-27,30,32,39-40,43-46,49-51,53-55,57-60,62,72,74-76,78-79,81-84H,5-8,12-13,15-24,28-29,31,33-38H2,1-4H3/t40-,43+,44+,45+,46-,49+,50-,51+,53-,54+,55+,57-,58+,59+,60-,62+,63-,64-,66-,67-,68+,69-,70-,71+/m1/s1. The molecule has 482 valence electrons. The first-order chi connectivity index (χ1) is 42.0. The van der Waals surface area contributed by atoms with Gasteiger partial charge in [-0.2, -0.15) is 0 Å². The predicted molar refractivity (Wildman–Crippen MR) is 336 cm³/mol. The fraction of sp³-hybridized carbons (Fsp3) is 0.775. The monoisotopic (exact) mass is 1250 g/mol. The van der Waals surface area contributed by atoms with Gasteiger partial charge in [0, 0.05) is 64.9 Å². The van der Waals surface area contributed by atoms with Gasteiger partial charge < -0.3 is 65.6 Å². The Balaban J connectivity index is 0.874. The predicted octanol–water partition coefficient (Wildman–Crippen LogP) is 8.01. The van der Waals surface area contributed by atoms with Crippen molar-refractivity contribution in [3.8, 4) is 5.75 Å². The minimum atomic E-state index is -2.04. The second kappa shape index (κ2) is 21.4. The number of hydrogen-bond acceptors (Lipinski definition) is 16. The number of aliphatic hydroxyl groups excluding tert-OH is 5. The minimum Gasteiger partial charge on any atom is -0.508 e. The molecule has 0 aromatic heterocycles. The Bertz CT molecular complexity index is 3090. The molecule has 1 amide bonds. The lowest BCUT2D eigenvalue weighted by atomic mass is 9.38. The SMILES string of the molecule is CC(C)[C@@H](C)[C@@H]1O[C@H]1[C@@]1(O)CC=C[C@H]2C[C@H]3C4=CC(=O)[C@@]5(C[C@@H](O)[C@](O)(CO)C[C@]35C)[C@@H](O)SSC[C@H]3CCC[C@@H](CO)[C@@]35C(=O)N(C[C@@]53CC[C@@H]([C@H]5C[C@@H]6C=C7C=CCO[C@H]7C[C@H]6C6(CCCCC6)N5)[C@@H]3O)c3cc(O)cc(c3)CC[C@]23[C@@H]1CC[C@@]43O. The molecule has 16 aliphatic rings. The molecular formula is C71H98N2O13S2. The zero-order chi connectivity index (χ0) is 61.5. The number of epoxide rings is 1. The molecular weight excluding hydrogens is 1150 g/mol. The number of phenolic OH excluding ortho intramolecular Hbond substituents is 1. The van der Waals surface area contributed by atoms with Crippen molar-refractivity contribution in [3.63, 3.8) is 0 Å². The van der Waals surface area contributed by atoms with Crippen molar-refractivity contribution in [1.82, 2.24) is 5.32 Å². The number of anilines is 1. The number of piperidine rings is 1. The number of benzene rings is 1. The number of phenols is 1. The van der Waals surface area contributed by atoms with Gasteiger partial charge in [0.25, 0.3) is 0 Å². The molecule has 7 aliphatic heterocycles. The van der Waals surface area contributed by atoms with E-state index >= 15 is 9.59 Å². The number of aryl methyl sites for hydroxylation is 1. The number of aromatic hydroxyl groups is 1. The van der Waals surface area contributed by atoms with E-state index in [2.05, 4.69) is 50.4 Å². The van der Waals surface area contributed by atoms with Crippen molar-refractivity contribution < 1.29 is 65.0 Å². The van der Waals surface area contributed by atoms with Crippen molar-refractivity contribution in [3.05, 3.63) is 71.4 Å². The average molecular weight is 1250 g/mol. The number of carbonyl (C=O) groups is 2. The van der Waals surface area contributed by atoms with Gasteiger partial charge in [-0.15, -0.1) is 0 Å². The van der Waals surface area contributed by atoms with Crippen LogP contribution in [0.5, 0.6) is 5.75 Å². The summed E-state index contributed by atoms with van der Waals surface area (Å²) >= 11 is 0. The Morgan fingerprint density at radius 3 is 2.48 bits per heavy atom. The lowest BCUT2D eigenvalue weighted by Crippen LogP contribution is -2.72. The van der Waals surface area contributed by atoms with Gasteiger partial charge >= 0.3 is 0 Å². The number of fused-ring (bicyclic) bond motifs is 4. The van der Waals surface area contributed by atoms with Gasteiger partial charge in [-0.1, -0.05) is 105 Å². The Labute approximate surface area is 527 Å². The molecule has 15 nitrogen and oxygen atoms in total. The van der Waals surface area contributed by atoms with Crippen LogP contribution in [-0.2, 0) is 25.5 Å². The third-order valence-electron chi connectivity index (χ3n) is 28.6. The lowest BCUT2D eigenvalue weighted by molar-refractivity contribution is -0.235. The smallest absolute Gasteiger partial charge is 0.234 e. The van der Waals surface area contributed by atoms with Crippen LogP contribution in [0.25, 0.3) is 0 Å². The maximum absolute atomic E-state index is 16.8. The summed E-state index contributed by atoms with van der Waals surface area (Å²) in [5, 5.41) is 119. The molecule has 5 spiro atoms. The molecule has 8 bridgehead atoms. The summed E-state index contributed by atoms with van der Waals surface area (Å²) in [6.45, 7) is 8.14. The number of nitrogens with one attached hydrogen (secondary N) is 1. The van der Waals surface area contributed by atoms with E-state index in [0.29, 0.717) is 86.8 Å². The highest BCUT2D eigenvalue weighted by molar-refractivity contribution is 8.76. The molecule has 7 heterocycles. The maximum Gasteiger partial charge on any atom is 0.234 e. The van der Waals surface area contributed by atoms with Crippen molar-refractivity contribution >= 4 is 39.0 Å². The number of carbonyl (C=O) groups excluding carboxylic acids is 2. The molecule has 17 rings (SSSR count). The Hall–Kier alpha value is -2.62. The topological polar surface area (TPSA) is 253 Å². The number of rotatable bonds is 6. The van der Waals surface area contributed by atoms with E-state index in [-0.39, 0.29) is 92.0 Å². The third-order valence-corrected chi connectivity index (χ3v) is 31.2.